The van der Waals surface area contributed by atoms with Gasteiger partial charge in [0.1, 0.15) is 12.4 Å². The summed E-state index contributed by atoms with van der Waals surface area (Å²) >= 11 is 0. The lowest BCUT2D eigenvalue weighted by Gasteiger charge is -2.14. The number of rotatable bonds is 4. The molecule has 0 amide bonds. The number of ketones is 1. The summed E-state index contributed by atoms with van der Waals surface area (Å²) in [6.07, 6.45) is -7.65. The van der Waals surface area contributed by atoms with Gasteiger partial charge in [-0.25, -0.2) is 8.78 Å². The van der Waals surface area contributed by atoms with Crippen LogP contribution in [0, 0.1) is 0 Å². The second-order valence-corrected chi connectivity index (χ2v) is 3.47. The lowest BCUT2D eigenvalue weighted by atomic mass is 10.1. The molecule has 0 aliphatic heterocycles. The first-order valence-corrected chi connectivity index (χ1v) is 4.85. The van der Waals surface area contributed by atoms with E-state index >= 15 is 0 Å². The van der Waals surface area contributed by atoms with E-state index < -0.39 is 36.3 Å². The van der Waals surface area contributed by atoms with Crippen molar-refractivity contribution >= 4 is 5.78 Å². The van der Waals surface area contributed by atoms with Gasteiger partial charge in [0, 0.05) is 5.56 Å². The predicted molar refractivity (Wildman–Crippen MR) is 52.9 cm³/mol. The summed E-state index contributed by atoms with van der Waals surface area (Å²) in [4.78, 5) is 11.0. The minimum Gasteiger partial charge on any atom is -0.487 e. The minimum absolute atomic E-state index is 0.160. The zero-order valence-corrected chi connectivity index (χ0v) is 9.22. The second-order valence-electron chi connectivity index (χ2n) is 3.47. The summed E-state index contributed by atoms with van der Waals surface area (Å²) < 4.78 is 66.1. The van der Waals surface area contributed by atoms with Crippen molar-refractivity contribution in [2.75, 3.05) is 6.61 Å². The van der Waals surface area contributed by atoms with E-state index in [1.807, 2.05) is 0 Å². The van der Waals surface area contributed by atoms with Crippen LogP contribution in [0.1, 0.15) is 22.8 Å². The van der Waals surface area contributed by atoms with Crippen LogP contribution in [0.5, 0.6) is 5.75 Å². The first kappa shape index (κ1) is 14.4. The molecule has 0 aliphatic rings. The fourth-order valence-corrected chi connectivity index (χ4v) is 1.25. The Morgan fingerprint density at radius 1 is 1.33 bits per heavy atom. The topological polar surface area (TPSA) is 26.3 Å². The zero-order valence-electron chi connectivity index (χ0n) is 9.22. The van der Waals surface area contributed by atoms with E-state index in [-0.39, 0.29) is 5.56 Å². The van der Waals surface area contributed by atoms with Crippen LogP contribution in [0.4, 0.5) is 22.0 Å². The molecule has 0 fully saturated rings. The van der Waals surface area contributed by atoms with Crippen molar-refractivity contribution in [1.82, 2.24) is 0 Å². The second kappa shape index (κ2) is 5.32. The summed E-state index contributed by atoms with van der Waals surface area (Å²) in [6.45, 7) is -0.0301. The molecular formula is C11H9F5O2. The largest absolute Gasteiger partial charge is 0.487 e. The number of benzene rings is 1. The molecule has 0 bridgehead atoms. The number of hydrogen-bond donors (Lipinski definition) is 0. The fourth-order valence-electron chi connectivity index (χ4n) is 1.25. The number of Topliss-reactive ketones (excluding diaryl/α,β-unsaturated/α-hetero) is 1. The molecule has 2 nitrogen and oxygen atoms in total. The van der Waals surface area contributed by atoms with E-state index in [0.29, 0.717) is 6.07 Å². The maximum absolute atomic E-state index is 12.6. The number of alkyl halides is 5. The number of halogens is 5. The summed E-state index contributed by atoms with van der Waals surface area (Å²) in [6, 6.07) is 2.55. The third-order valence-corrected chi connectivity index (χ3v) is 2.06. The summed E-state index contributed by atoms with van der Waals surface area (Å²) in [5, 5.41) is 0. The maximum atomic E-state index is 12.6. The van der Waals surface area contributed by atoms with E-state index in [1.165, 1.54) is 0 Å². The molecule has 18 heavy (non-hydrogen) atoms. The van der Waals surface area contributed by atoms with Gasteiger partial charge in [-0.15, -0.1) is 0 Å². The molecule has 0 saturated carbocycles. The van der Waals surface area contributed by atoms with Gasteiger partial charge in [-0.05, 0) is 25.1 Å². The van der Waals surface area contributed by atoms with Gasteiger partial charge in [0.25, 0.3) is 6.43 Å². The van der Waals surface area contributed by atoms with E-state index in [9.17, 15) is 26.7 Å². The third kappa shape index (κ3) is 3.68. The van der Waals surface area contributed by atoms with Crippen molar-refractivity contribution in [1.29, 1.82) is 0 Å². The van der Waals surface area contributed by atoms with Gasteiger partial charge in [-0.1, -0.05) is 0 Å². The molecule has 0 heterocycles. The third-order valence-electron chi connectivity index (χ3n) is 2.06. The van der Waals surface area contributed by atoms with Crippen LogP contribution in [0.25, 0.3) is 0 Å². The van der Waals surface area contributed by atoms with E-state index in [2.05, 4.69) is 4.74 Å². The Bertz CT molecular complexity index is 440. The molecule has 0 aliphatic carbocycles. The van der Waals surface area contributed by atoms with Crippen LogP contribution >= 0.6 is 0 Å². The minimum atomic E-state index is -4.77. The lowest BCUT2D eigenvalue weighted by Crippen LogP contribution is -2.13. The summed E-state index contributed by atoms with van der Waals surface area (Å²) in [7, 11) is 0. The normalized spacial score (nSPS) is 11.7. The average Bonchev–Trinajstić information content (AvgIpc) is 2.24. The molecule has 0 atom stereocenters. The first-order chi connectivity index (χ1) is 8.21. The zero-order chi connectivity index (χ0) is 13.9. The van der Waals surface area contributed by atoms with Crippen LogP contribution in [0.2, 0.25) is 0 Å². The van der Waals surface area contributed by atoms with Crippen LogP contribution < -0.4 is 4.74 Å². The van der Waals surface area contributed by atoms with E-state index in [1.54, 1.807) is 0 Å². The number of carbonyl (C=O) groups is 1. The van der Waals surface area contributed by atoms with Gasteiger partial charge in [0.2, 0.25) is 0 Å². The molecule has 0 saturated heterocycles. The molecular weight excluding hydrogens is 259 g/mol. The average molecular weight is 268 g/mol. The van der Waals surface area contributed by atoms with E-state index in [0.717, 1.165) is 19.1 Å². The lowest BCUT2D eigenvalue weighted by molar-refractivity contribution is -0.139. The molecule has 1 aromatic carbocycles. The van der Waals surface area contributed by atoms with Crippen molar-refractivity contribution in [2.45, 2.75) is 19.5 Å². The Morgan fingerprint density at radius 3 is 2.39 bits per heavy atom. The number of carbonyl (C=O) groups excluding carboxylic acids is 1. The van der Waals surface area contributed by atoms with Gasteiger partial charge in [-0.3, -0.25) is 4.79 Å². The van der Waals surface area contributed by atoms with Crippen molar-refractivity contribution in [3.8, 4) is 5.75 Å². The highest BCUT2D eigenvalue weighted by molar-refractivity contribution is 5.94. The Hall–Kier alpha value is -1.66. The molecule has 0 unspecified atom stereocenters. The van der Waals surface area contributed by atoms with Crippen LogP contribution in [-0.2, 0) is 6.18 Å². The SMILES string of the molecule is CC(=O)c1ccc(OCC(F)F)c(C(F)(F)F)c1. The van der Waals surface area contributed by atoms with Crippen molar-refractivity contribution in [3.63, 3.8) is 0 Å². The highest BCUT2D eigenvalue weighted by Gasteiger charge is 2.35. The standard InChI is InChI=1S/C11H9F5O2/c1-6(17)7-2-3-9(18-5-10(12)13)8(4-7)11(14,15)16/h2-4,10H,5H2,1H3. The predicted octanol–water partition coefficient (Wildman–Crippen LogP) is 3.55. The van der Waals surface area contributed by atoms with E-state index in [4.69, 9.17) is 0 Å². The van der Waals surface area contributed by atoms with Crippen LogP contribution in [-0.4, -0.2) is 18.8 Å². The number of hydrogen-bond acceptors (Lipinski definition) is 2. The molecule has 7 heteroatoms. The Kier molecular flexibility index (Phi) is 4.26. The quantitative estimate of drug-likeness (QED) is 0.616. The van der Waals surface area contributed by atoms with Gasteiger partial charge in [-0.2, -0.15) is 13.2 Å². The molecule has 0 spiro atoms. The fraction of sp³-hybridized carbons (Fsp3) is 0.364. The molecule has 0 N–H and O–H groups in total. The van der Waals surface area contributed by atoms with Crippen molar-refractivity contribution in [3.05, 3.63) is 29.3 Å². The highest BCUT2D eigenvalue weighted by Crippen LogP contribution is 2.37. The van der Waals surface area contributed by atoms with Crippen molar-refractivity contribution in [2.24, 2.45) is 0 Å². The van der Waals surface area contributed by atoms with Gasteiger partial charge >= 0.3 is 6.18 Å². The van der Waals surface area contributed by atoms with Crippen LogP contribution in [0.15, 0.2) is 18.2 Å². The molecule has 0 radical (unpaired) electrons. The Morgan fingerprint density at radius 2 is 1.94 bits per heavy atom. The van der Waals surface area contributed by atoms with Gasteiger partial charge in [0.15, 0.2) is 5.78 Å². The van der Waals surface area contributed by atoms with Gasteiger partial charge < -0.3 is 4.74 Å². The number of ether oxygens (including phenoxy) is 1. The van der Waals surface area contributed by atoms with Crippen molar-refractivity contribution < 1.29 is 31.5 Å². The monoisotopic (exact) mass is 268 g/mol. The summed E-state index contributed by atoms with van der Waals surface area (Å²) in [5.41, 5.74) is -1.40. The van der Waals surface area contributed by atoms with Crippen LogP contribution in [0.3, 0.4) is 0 Å². The maximum Gasteiger partial charge on any atom is 0.419 e. The molecule has 100 valence electrons. The first-order valence-electron chi connectivity index (χ1n) is 4.85. The van der Waals surface area contributed by atoms with Gasteiger partial charge in [0.05, 0.1) is 5.56 Å². The Balaban J connectivity index is 3.13. The molecule has 1 aromatic rings. The molecule has 1 rings (SSSR count). The highest BCUT2D eigenvalue weighted by atomic mass is 19.4. The summed E-state index contributed by atoms with van der Waals surface area (Å²) in [5.74, 6) is -1.27. The Labute approximate surface area is 99.4 Å². The smallest absolute Gasteiger partial charge is 0.419 e. The molecule has 0 aromatic heterocycles.